The van der Waals surface area contributed by atoms with E-state index in [1.54, 1.807) is 7.05 Å². The quantitative estimate of drug-likeness (QED) is 0.465. The van der Waals surface area contributed by atoms with Crippen molar-refractivity contribution in [1.29, 1.82) is 0 Å². The fraction of sp³-hybridized carbons (Fsp3) is 0.909. The number of likely N-dealkylation sites (N-methyl/N-ethyl adjacent to an activating group) is 1. The molecular formula is C22H33ClF3N5O3. The molecule has 34 heavy (non-hydrogen) atoms. The van der Waals surface area contributed by atoms with Crippen LogP contribution >= 0.6 is 11.6 Å². The molecule has 0 spiro atoms. The number of ether oxygens (including phenoxy) is 1. The summed E-state index contributed by atoms with van der Waals surface area (Å²) in [6.45, 7) is -2.06. The molecule has 8 atom stereocenters. The number of hydrogen-bond donors (Lipinski definition) is 3. The van der Waals surface area contributed by atoms with Gasteiger partial charge in [0.2, 0.25) is 11.8 Å². The van der Waals surface area contributed by atoms with Gasteiger partial charge in [-0.25, -0.2) is 9.82 Å². The first-order chi connectivity index (χ1) is 16.2. The Morgan fingerprint density at radius 1 is 1.21 bits per heavy atom. The van der Waals surface area contributed by atoms with Crippen molar-refractivity contribution in [2.75, 3.05) is 26.7 Å². The van der Waals surface area contributed by atoms with Crippen molar-refractivity contribution in [3.8, 4) is 0 Å². The van der Waals surface area contributed by atoms with Crippen LogP contribution in [-0.2, 0) is 14.3 Å². The zero-order chi connectivity index (χ0) is 24.2. The van der Waals surface area contributed by atoms with Gasteiger partial charge in [-0.15, -0.1) is 11.6 Å². The molecule has 0 bridgehead atoms. The Labute approximate surface area is 202 Å². The Morgan fingerprint density at radius 2 is 1.97 bits per heavy atom. The molecule has 12 heteroatoms. The van der Waals surface area contributed by atoms with Crippen LogP contribution in [0.1, 0.15) is 38.5 Å². The van der Waals surface area contributed by atoms with E-state index >= 15 is 0 Å². The van der Waals surface area contributed by atoms with Gasteiger partial charge in [0.25, 0.3) is 0 Å². The van der Waals surface area contributed by atoms with Crippen LogP contribution in [0.15, 0.2) is 0 Å². The van der Waals surface area contributed by atoms with Crippen molar-refractivity contribution in [3.05, 3.63) is 0 Å². The highest BCUT2D eigenvalue weighted by Crippen LogP contribution is 2.43. The van der Waals surface area contributed by atoms with Crippen molar-refractivity contribution in [3.63, 3.8) is 0 Å². The lowest BCUT2D eigenvalue weighted by atomic mass is 9.83. The van der Waals surface area contributed by atoms with Crippen molar-refractivity contribution < 1.29 is 27.5 Å². The molecule has 0 aromatic heterocycles. The smallest absolute Gasteiger partial charge is 0.341 e. The zero-order valence-corrected chi connectivity index (χ0v) is 19.9. The number of amides is 2. The van der Waals surface area contributed by atoms with E-state index in [4.69, 9.17) is 11.6 Å². The van der Waals surface area contributed by atoms with Crippen LogP contribution in [0.2, 0.25) is 0 Å². The Hall–Kier alpha value is -1.14. The van der Waals surface area contributed by atoms with E-state index in [1.165, 1.54) is 4.90 Å². The Bertz CT molecular complexity index is 788. The van der Waals surface area contributed by atoms with Crippen LogP contribution in [0.3, 0.4) is 0 Å². The lowest BCUT2D eigenvalue weighted by Gasteiger charge is -2.38. The molecule has 5 aliphatic rings. The minimum absolute atomic E-state index is 0.00942. The number of carbonyl (C=O) groups is 2. The van der Waals surface area contributed by atoms with Gasteiger partial charge in [0.05, 0.1) is 23.6 Å². The fourth-order valence-electron chi connectivity index (χ4n) is 6.30. The lowest BCUT2D eigenvalue weighted by molar-refractivity contribution is -0.155. The van der Waals surface area contributed by atoms with Gasteiger partial charge in [0.15, 0.2) is 0 Å². The summed E-state index contributed by atoms with van der Waals surface area (Å²) in [5.41, 5.74) is 5.59. The lowest BCUT2D eigenvalue weighted by Crippen LogP contribution is -2.56. The van der Waals surface area contributed by atoms with Crippen LogP contribution in [0.4, 0.5) is 13.2 Å². The molecule has 3 heterocycles. The normalized spacial score (nSPS) is 40.7. The largest absolute Gasteiger partial charge is 0.345 e. The molecule has 8 nitrogen and oxygen atoms in total. The van der Waals surface area contributed by atoms with E-state index in [-0.39, 0.29) is 48.4 Å². The number of hydrazine groups is 1. The number of halogens is 4. The zero-order valence-electron chi connectivity index (χ0n) is 19.2. The molecule has 192 valence electrons. The van der Waals surface area contributed by atoms with Gasteiger partial charge in [0.1, 0.15) is 12.2 Å². The predicted molar refractivity (Wildman–Crippen MR) is 118 cm³/mol. The van der Waals surface area contributed by atoms with Gasteiger partial charge in [0, 0.05) is 38.1 Å². The molecule has 2 amide bonds. The molecule has 0 aromatic carbocycles. The minimum atomic E-state index is -2.87. The van der Waals surface area contributed by atoms with Gasteiger partial charge in [-0.05, 0) is 44.4 Å². The third-order valence-corrected chi connectivity index (χ3v) is 9.11. The molecule has 5 rings (SSSR count). The van der Waals surface area contributed by atoms with E-state index < -0.39 is 29.7 Å². The van der Waals surface area contributed by atoms with Crippen molar-refractivity contribution >= 4 is 23.4 Å². The number of likely N-dealkylation sites (tertiary alicyclic amines) is 1. The number of nitrogens with one attached hydrogen (secondary N) is 3. The third kappa shape index (κ3) is 4.54. The van der Waals surface area contributed by atoms with Gasteiger partial charge in [-0.1, -0.05) is 0 Å². The van der Waals surface area contributed by atoms with E-state index in [9.17, 15) is 22.8 Å². The molecule has 0 aromatic rings. The third-order valence-electron chi connectivity index (χ3n) is 8.66. The molecule has 2 saturated carbocycles. The Kier molecular flexibility index (Phi) is 6.78. The van der Waals surface area contributed by atoms with Crippen LogP contribution in [-0.4, -0.2) is 96.2 Å². The van der Waals surface area contributed by atoms with Crippen LogP contribution in [0, 0.1) is 11.8 Å². The summed E-state index contributed by atoms with van der Waals surface area (Å²) in [4.78, 5) is 30.0. The summed E-state index contributed by atoms with van der Waals surface area (Å²) < 4.78 is 43.7. The van der Waals surface area contributed by atoms with Crippen molar-refractivity contribution in [2.24, 2.45) is 11.8 Å². The number of fused-ring (bicyclic) bond motifs is 2. The van der Waals surface area contributed by atoms with E-state index in [0.717, 1.165) is 0 Å². The molecule has 8 unspecified atom stereocenters. The molecule has 3 aliphatic heterocycles. The average Bonchev–Trinajstić information content (AvgIpc) is 3.32. The number of rotatable bonds is 6. The molecule has 0 radical (unpaired) electrons. The van der Waals surface area contributed by atoms with Gasteiger partial charge >= 0.3 is 6.61 Å². The minimum Gasteiger partial charge on any atom is -0.341 e. The summed E-state index contributed by atoms with van der Waals surface area (Å²) in [7, 11) is 1.64. The molecule has 5 fully saturated rings. The highest BCUT2D eigenvalue weighted by molar-refractivity contribution is 6.21. The summed E-state index contributed by atoms with van der Waals surface area (Å²) in [5, 5.41) is 2.87. The maximum absolute atomic E-state index is 14.1. The fourth-order valence-corrected chi connectivity index (χ4v) is 6.59. The van der Waals surface area contributed by atoms with Crippen LogP contribution < -0.4 is 16.2 Å². The molecule has 2 aliphatic carbocycles. The Balaban J connectivity index is 1.20. The highest BCUT2D eigenvalue weighted by Gasteiger charge is 2.54. The topological polar surface area (TPSA) is 85.9 Å². The monoisotopic (exact) mass is 507 g/mol. The maximum Gasteiger partial charge on any atom is 0.345 e. The van der Waals surface area contributed by atoms with Gasteiger partial charge in [-0.3, -0.25) is 15.0 Å². The summed E-state index contributed by atoms with van der Waals surface area (Å²) in [6.07, 6.45) is 2.43. The first-order valence-electron chi connectivity index (χ1n) is 12.2. The van der Waals surface area contributed by atoms with Crippen LogP contribution in [0.25, 0.3) is 0 Å². The summed E-state index contributed by atoms with van der Waals surface area (Å²) >= 11 is 6.11. The van der Waals surface area contributed by atoms with Gasteiger partial charge in [-0.2, -0.15) is 8.78 Å². The van der Waals surface area contributed by atoms with Crippen LogP contribution in [0.5, 0.6) is 0 Å². The standard InChI is InChI=1S/C22H33ClF3N5O3/c1-30(22(3-4-22)10-34-21(25)26)20(33)18-12-9-31(5-2-15(12)28-29-18)19(32)17-7-11-6-14(24)13(23)8-16(11)27-17/h11-18,21,27-29H,2-10H2,1H3. The number of piperidine rings is 1. The highest BCUT2D eigenvalue weighted by atomic mass is 35.5. The molecular weight excluding hydrogens is 475 g/mol. The Morgan fingerprint density at radius 3 is 2.68 bits per heavy atom. The van der Waals surface area contributed by atoms with E-state index in [0.29, 0.717) is 51.6 Å². The number of nitrogens with zero attached hydrogens (tertiary/aromatic N) is 2. The molecule has 3 saturated heterocycles. The SMILES string of the molecule is CN(C(=O)C1NNC2CCN(C(=O)C3CC4CC(F)C(Cl)CC4N3)CC21)C1(COC(F)F)CC1. The average molecular weight is 508 g/mol. The number of alkyl halides is 4. The van der Waals surface area contributed by atoms with E-state index in [2.05, 4.69) is 20.9 Å². The second-order valence-corrected chi connectivity index (χ2v) is 11.2. The van der Waals surface area contributed by atoms with E-state index in [1.807, 2.05) is 4.90 Å². The predicted octanol–water partition coefficient (Wildman–Crippen LogP) is 0.996. The summed E-state index contributed by atoms with van der Waals surface area (Å²) in [5.74, 6) is -0.216. The van der Waals surface area contributed by atoms with Crippen molar-refractivity contribution in [2.45, 2.75) is 86.4 Å². The second kappa shape index (κ2) is 9.38. The first-order valence-corrected chi connectivity index (χ1v) is 12.6. The second-order valence-electron chi connectivity index (χ2n) is 10.6. The maximum atomic E-state index is 14.1. The first kappa shape index (κ1) is 24.5. The molecule has 3 N–H and O–H groups in total. The summed E-state index contributed by atoms with van der Waals surface area (Å²) in [6, 6.07) is -0.814. The van der Waals surface area contributed by atoms with Gasteiger partial charge < -0.3 is 19.9 Å². The van der Waals surface area contributed by atoms with Crippen molar-refractivity contribution in [1.82, 2.24) is 26.0 Å². The number of carbonyl (C=O) groups excluding carboxylic acids is 2. The number of hydrogen-bond acceptors (Lipinski definition) is 6.